The lowest BCUT2D eigenvalue weighted by Gasteiger charge is -2.12. The predicted octanol–water partition coefficient (Wildman–Crippen LogP) is 4.60. The van der Waals surface area contributed by atoms with Gasteiger partial charge in [-0.1, -0.05) is 35.9 Å². The second-order valence-electron chi connectivity index (χ2n) is 6.75. The molecular weight excluding hydrogens is 423 g/mol. The maximum Gasteiger partial charge on any atom is 0.295 e. The minimum absolute atomic E-state index is 0.0388. The molecule has 31 heavy (non-hydrogen) atoms. The lowest BCUT2D eigenvalue weighted by molar-refractivity contribution is -0.384. The SMILES string of the molecule is Cc1ccc(NS(=O)(=O)c2ccc(NN=Cc3ccccc3F)c([N+](=O)[O-])c2)c(C)c1. The highest BCUT2D eigenvalue weighted by atomic mass is 32.2. The Morgan fingerprint density at radius 1 is 1.03 bits per heavy atom. The third kappa shape index (κ3) is 5.23. The Balaban J connectivity index is 1.87. The van der Waals surface area contributed by atoms with Crippen molar-refractivity contribution in [3.63, 3.8) is 0 Å². The van der Waals surface area contributed by atoms with Crippen LogP contribution in [-0.2, 0) is 10.0 Å². The number of sulfonamides is 1. The summed E-state index contributed by atoms with van der Waals surface area (Å²) in [6, 6.07) is 14.5. The Labute approximate surface area is 178 Å². The van der Waals surface area contributed by atoms with Crippen molar-refractivity contribution in [2.45, 2.75) is 18.7 Å². The fraction of sp³-hybridized carbons (Fsp3) is 0.0952. The molecule has 0 saturated carbocycles. The highest BCUT2D eigenvalue weighted by molar-refractivity contribution is 7.92. The number of halogens is 1. The lowest BCUT2D eigenvalue weighted by atomic mass is 10.1. The van der Waals surface area contributed by atoms with Crippen LogP contribution in [0.1, 0.15) is 16.7 Å². The van der Waals surface area contributed by atoms with Gasteiger partial charge in [0.05, 0.1) is 21.7 Å². The number of nitro benzene ring substituents is 1. The molecule has 10 heteroatoms. The molecule has 160 valence electrons. The number of nitrogens with zero attached hydrogens (tertiary/aromatic N) is 2. The molecule has 2 N–H and O–H groups in total. The first kappa shape index (κ1) is 21.9. The topological polar surface area (TPSA) is 114 Å². The number of anilines is 2. The van der Waals surface area contributed by atoms with Crippen LogP contribution in [0.2, 0.25) is 0 Å². The van der Waals surface area contributed by atoms with Crippen molar-refractivity contribution in [1.82, 2.24) is 0 Å². The fourth-order valence-electron chi connectivity index (χ4n) is 2.81. The Morgan fingerprint density at radius 2 is 1.74 bits per heavy atom. The quantitative estimate of drug-likeness (QED) is 0.315. The van der Waals surface area contributed by atoms with Gasteiger partial charge < -0.3 is 0 Å². The highest BCUT2D eigenvalue weighted by Gasteiger charge is 2.22. The number of hydrazone groups is 1. The Bertz CT molecular complexity index is 1280. The van der Waals surface area contributed by atoms with Gasteiger partial charge in [0.2, 0.25) is 0 Å². The van der Waals surface area contributed by atoms with Gasteiger partial charge in [-0.25, -0.2) is 12.8 Å². The third-order valence-corrected chi connectivity index (χ3v) is 5.76. The van der Waals surface area contributed by atoms with E-state index in [2.05, 4.69) is 15.2 Å². The predicted molar refractivity (Wildman–Crippen MR) is 117 cm³/mol. The van der Waals surface area contributed by atoms with Crippen molar-refractivity contribution in [1.29, 1.82) is 0 Å². The first-order chi connectivity index (χ1) is 14.7. The summed E-state index contributed by atoms with van der Waals surface area (Å²) < 4.78 is 41.6. The molecule has 0 saturated heterocycles. The van der Waals surface area contributed by atoms with E-state index in [1.165, 1.54) is 36.5 Å². The number of aryl methyl sites for hydroxylation is 2. The van der Waals surface area contributed by atoms with Crippen molar-refractivity contribution >= 4 is 33.3 Å². The second kappa shape index (κ2) is 8.92. The zero-order chi connectivity index (χ0) is 22.6. The first-order valence-corrected chi connectivity index (χ1v) is 10.6. The molecule has 0 spiro atoms. The summed E-state index contributed by atoms with van der Waals surface area (Å²) >= 11 is 0. The summed E-state index contributed by atoms with van der Waals surface area (Å²) in [6.07, 6.45) is 1.17. The standard InChI is InChI=1S/C21H19FN4O4S/c1-14-7-9-19(15(2)11-14)25-31(29,30)17-8-10-20(21(12-17)26(27)28)24-23-13-16-5-3-4-6-18(16)22/h3-13,24-25H,1-2H3. The summed E-state index contributed by atoms with van der Waals surface area (Å²) in [5.41, 5.74) is 4.19. The molecular formula is C21H19FN4O4S. The molecule has 0 fully saturated rings. The Hall–Kier alpha value is -3.79. The van der Waals surface area contributed by atoms with Gasteiger partial charge in [-0.05, 0) is 43.7 Å². The summed E-state index contributed by atoms with van der Waals surface area (Å²) in [6.45, 7) is 3.64. The number of benzene rings is 3. The summed E-state index contributed by atoms with van der Waals surface area (Å²) in [7, 11) is -4.06. The van der Waals surface area contributed by atoms with E-state index in [9.17, 15) is 22.9 Å². The van der Waals surface area contributed by atoms with Gasteiger partial charge in [0.1, 0.15) is 11.5 Å². The molecule has 8 nitrogen and oxygen atoms in total. The molecule has 0 aliphatic rings. The zero-order valence-electron chi connectivity index (χ0n) is 16.7. The van der Waals surface area contributed by atoms with E-state index in [1.54, 1.807) is 25.1 Å². The van der Waals surface area contributed by atoms with E-state index in [-0.39, 0.29) is 16.1 Å². The second-order valence-corrected chi connectivity index (χ2v) is 8.43. The summed E-state index contributed by atoms with van der Waals surface area (Å²) in [5.74, 6) is -0.499. The van der Waals surface area contributed by atoms with Gasteiger partial charge >= 0.3 is 0 Å². The van der Waals surface area contributed by atoms with Crippen molar-refractivity contribution in [2.75, 3.05) is 10.1 Å². The van der Waals surface area contributed by atoms with Gasteiger partial charge in [0, 0.05) is 11.6 Å². The van der Waals surface area contributed by atoms with Crippen molar-refractivity contribution in [3.05, 3.63) is 93.3 Å². The molecule has 3 rings (SSSR count). The number of hydrogen-bond donors (Lipinski definition) is 2. The van der Waals surface area contributed by atoms with Crippen LogP contribution in [-0.4, -0.2) is 19.6 Å². The van der Waals surface area contributed by atoms with Crippen molar-refractivity contribution < 1.29 is 17.7 Å². The summed E-state index contributed by atoms with van der Waals surface area (Å²) in [5, 5.41) is 15.3. The van der Waals surface area contributed by atoms with Crippen molar-refractivity contribution in [2.24, 2.45) is 5.10 Å². The molecule has 0 radical (unpaired) electrons. The maximum atomic E-state index is 13.6. The monoisotopic (exact) mass is 442 g/mol. The van der Waals surface area contributed by atoms with E-state index < -0.39 is 26.5 Å². The average Bonchev–Trinajstić information content (AvgIpc) is 2.71. The summed E-state index contributed by atoms with van der Waals surface area (Å²) in [4.78, 5) is 10.5. The number of rotatable bonds is 7. The molecule has 0 aromatic heterocycles. The van der Waals surface area contributed by atoms with Crippen LogP contribution >= 0.6 is 0 Å². The van der Waals surface area contributed by atoms with E-state index in [1.807, 2.05) is 13.0 Å². The molecule has 0 aliphatic carbocycles. The van der Waals surface area contributed by atoms with Crippen LogP contribution in [0, 0.1) is 29.8 Å². The largest absolute Gasteiger partial charge is 0.295 e. The van der Waals surface area contributed by atoms with Crippen LogP contribution in [0.5, 0.6) is 0 Å². The Kier molecular flexibility index (Phi) is 6.30. The van der Waals surface area contributed by atoms with Crippen LogP contribution in [0.25, 0.3) is 0 Å². The number of nitro groups is 1. The molecule has 0 atom stereocenters. The molecule has 3 aromatic carbocycles. The molecule has 0 amide bonds. The van der Waals surface area contributed by atoms with E-state index in [0.717, 1.165) is 17.2 Å². The van der Waals surface area contributed by atoms with Crippen molar-refractivity contribution in [3.8, 4) is 0 Å². The maximum absolute atomic E-state index is 13.6. The number of hydrogen-bond acceptors (Lipinski definition) is 6. The molecule has 0 aliphatic heterocycles. The van der Waals surface area contributed by atoms with E-state index in [0.29, 0.717) is 5.69 Å². The minimum Gasteiger partial charge on any atom is -0.279 e. The van der Waals surface area contributed by atoms with E-state index in [4.69, 9.17) is 0 Å². The Morgan fingerprint density at radius 3 is 2.42 bits per heavy atom. The van der Waals surface area contributed by atoms with Gasteiger partial charge in [0.25, 0.3) is 15.7 Å². The average molecular weight is 442 g/mol. The molecule has 0 unspecified atom stereocenters. The first-order valence-electron chi connectivity index (χ1n) is 9.09. The van der Waals surface area contributed by atoms with Crippen LogP contribution < -0.4 is 10.1 Å². The highest BCUT2D eigenvalue weighted by Crippen LogP contribution is 2.29. The van der Waals surface area contributed by atoms with Gasteiger partial charge in [-0.15, -0.1) is 0 Å². The molecule has 0 heterocycles. The van der Waals surface area contributed by atoms with Gasteiger partial charge in [-0.3, -0.25) is 20.3 Å². The number of nitrogens with one attached hydrogen (secondary N) is 2. The van der Waals surface area contributed by atoms with Crippen LogP contribution in [0.3, 0.4) is 0 Å². The third-order valence-electron chi connectivity index (χ3n) is 4.40. The minimum atomic E-state index is -4.06. The molecule has 0 bridgehead atoms. The van der Waals surface area contributed by atoms with Crippen LogP contribution in [0.4, 0.5) is 21.5 Å². The smallest absolute Gasteiger partial charge is 0.279 e. The van der Waals surface area contributed by atoms with Crippen LogP contribution in [0.15, 0.2) is 70.7 Å². The zero-order valence-corrected chi connectivity index (χ0v) is 17.5. The van der Waals surface area contributed by atoms with Gasteiger partial charge in [0.15, 0.2) is 0 Å². The van der Waals surface area contributed by atoms with E-state index >= 15 is 0 Å². The molecule has 3 aromatic rings. The normalized spacial score (nSPS) is 11.5. The fourth-order valence-corrected chi connectivity index (χ4v) is 3.96. The van der Waals surface area contributed by atoms with Gasteiger partial charge in [-0.2, -0.15) is 5.10 Å². The lowest BCUT2D eigenvalue weighted by Crippen LogP contribution is -2.14.